The van der Waals surface area contributed by atoms with Crippen molar-refractivity contribution in [3.63, 3.8) is 0 Å². The van der Waals surface area contributed by atoms with Crippen LogP contribution in [0, 0.1) is 6.92 Å². The molecule has 0 bridgehead atoms. The zero-order valence-electron chi connectivity index (χ0n) is 12.5. The SMILES string of the molecule is Cc1cccc(CC(=O)N(CCN)C2CCCCC2)c1. The van der Waals surface area contributed by atoms with Crippen LogP contribution in [0.5, 0.6) is 0 Å². The van der Waals surface area contributed by atoms with Gasteiger partial charge in [0.05, 0.1) is 6.42 Å². The third-order valence-electron chi connectivity index (χ3n) is 4.14. The van der Waals surface area contributed by atoms with Crippen LogP contribution in [-0.4, -0.2) is 29.9 Å². The van der Waals surface area contributed by atoms with Crippen LogP contribution in [0.3, 0.4) is 0 Å². The molecule has 1 saturated carbocycles. The van der Waals surface area contributed by atoms with Crippen molar-refractivity contribution in [1.29, 1.82) is 0 Å². The highest BCUT2D eigenvalue weighted by Crippen LogP contribution is 2.23. The van der Waals surface area contributed by atoms with Crippen molar-refractivity contribution in [3.8, 4) is 0 Å². The van der Waals surface area contributed by atoms with E-state index in [4.69, 9.17) is 5.73 Å². The lowest BCUT2D eigenvalue weighted by molar-refractivity contribution is -0.133. The molecule has 0 atom stereocenters. The van der Waals surface area contributed by atoms with Crippen LogP contribution >= 0.6 is 0 Å². The molecule has 0 saturated heterocycles. The Balaban J connectivity index is 2.02. The van der Waals surface area contributed by atoms with Crippen molar-refractivity contribution < 1.29 is 4.79 Å². The van der Waals surface area contributed by atoms with Gasteiger partial charge in [-0.05, 0) is 25.3 Å². The van der Waals surface area contributed by atoms with Gasteiger partial charge in [0, 0.05) is 19.1 Å². The van der Waals surface area contributed by atoms with E-state index in [1.54, 1.807) is 0 Å². The fraction of sp³-hybridized carbons (Fsp3) is 0.588. The molecule has 1 aliphatic rings. The summed E-state index contributed by atoms with van der Waals surface area (Å²) < 4.78 is 0. The summed E-state index contributed by atoms with van der Waals surface area (Å²) >= 11 is 0. The Kier molecular flexibility index (Phi) is 5.60. The van der Waals surface area contributed by atoms with Crippen LogP contribution < -0.4 is 5.73 Å². The Morgan fingerprint density at radius 1 is 1.30 bits per heavy atom. The largest absolute Gasteiger partial charge is 0.338 e. The van der Waals surface area contributed by atoms with Gasteiger partial charge in [-0.3, -0.25) is 4.79 Å². The van der Waals surface area contributed by atoms with E-state index in [9.17, 15) is 4.79 Å². The fourth-order valence-electron chi connectivity index (χ4n) is 3.14. The van der Waals surface area contributed by atoms with E-state index in [1.807, 2.05) is 17.0 Å². The third-order valence-corrected chi connectivity index (χ3v) is 4.14. The van der Waals surface area contributed by atoms with E-state index in [1.165, 1.54) is 24.8 Å². The molecular formula is C17H26N2O. The Labute approximate surface area is 122 Å². The fourth-order valence-corrected chi connectivity index (χ4v) is 3.14. The molecule has 0 unspecified atom stereocenters. The molecule has 0 radical (unpaired) electrons. The molecule has 20 heavy (non-hydrogen) atoms. The van der Waals surface area contributed by atoms with Crippen LogP contribution in [-0.2, 0) is 11.2 Å². The second-order valence-electron chi connectivity index (χ2n) is 5.83. The molecule has 1 aromatic carbocycles. The van der Waals surface area contributed by atoms with Crippen LogP contribution in [0.15, 0.2) is 24.3 Å². The van der Waals surface area contributed by atoms with Gasteiger partial charge in [-0.1, -0.05) is 49.1 Å². The number of hydrogen-bond acceptors (Lipinski definition) is 2. The minimum absolute atomic E-state index is 0.230. The lowest BCUT2D eigenvalue weighted by atomic mass is 9.93. The second kappa shape index (κ2) is 7.44. The molecule has 3 nitrogen and oxygen atoms in total. The van der Waals surface area contributed by atoms with Crippen LogP contribution in [0.4, 0.5) is 0 Å². The summed E-state index contributed by atoms with van der Waals surface area (Å²) in [5.74, 6) is 0.230. The Hall–Kier alpha value is -1.35. The van der Waals surface area contributed by atoms with Gasteiger partial charge in [-0.2, -0.15) is 0 Å². The quantitative estimate of drug-likeness (QED) is 0.897. The highest BCUT2D eigenvalue weighted by Gasteiger charge is 2.24. The van der Waals surface area contributed by atoms with Crippen LogP contribution in [0.2, 0.25) is 0 Å². The molecular weight excluding hydrogens is 248 g/mol. The number of amides is 1. The number of nitrogens with two attached hydrogens (primary N) is 1. The number of carbonyl (C=O) groups excluding carboxylic acids is 1. The average Bonchev–Trinajstić information content (AvgIpc) is 2.45. The minimum Gasteiger partial charge on any atom is -0.338 e. The van der Waals surface area contributed by atoms with Gasteiger partial charge in [-0.15, -0.1) is 0 Å². The van der Waals surface area contributed by atoms with Gasteiger partial charge in [-0.25, -0.2) is 0 Å². The van der Waals surface area contributed by atoms with E-state index in [2.05, 4.69) is 19.1 Å². The van der Waals surface area contributed by atoms with E-state index < -0.39 is 0 Å². The van der Waals surface area contributed by atoms with Crippen molar-refractivity contribution in [3.05, 3.63) is 35.4 Å². The predicted molar refractivity (Wildman–Crippen MR) is 82.5 cm³/mol. The predicted octanol–water partition coefficient (Wildman–Crippen LogP) is 2.66. The minimum atomic E-state index is 0.230. The number of nitrogens with zero attached hydrogens (tertiary/aromatic N) is 1. The summed E-state index contributed by atoms with van der Waals surface area (Å²) in [4.78, 5) is 14.6. The molecule has 0 spiro atoms. The van der Waals surface area contributed by atoms with E-state index in [0.29, 0.717) is 25.6 Å². The maximum Gasteiger partial charge on any atom is 0.227 e. The molecule has 0 aromatic heterocycles. The molecule has 1 amide bonds. The lowest BCUT2D eigenvalue weighted by Gasteiger charge is -2.34. The first-order valence-electron chi connectivity index (χ1n) is 7.76. The molecule has 3 heteroatoms. The first kappa shape index (κ1) is 15.0. The molecule has 1 fully saturated rings. The Morgan fingerprint density at radius 3 is 2.70 bits per heavy atom. The average molecular weight is 274 g/mol. The maximum absolute atomic E-state index is 12.6. The standard InChI is InChI=1S/C17H26N2O/c1-14-6-5-7-15(12-14)13-17(20)19(11-10-18)16-8-3-2-4-9-16/h5-7,12,16H,2-4,8-11,13,18H2,1H3. The molecule has 1 aromatic rings. The summed E-state index contributed by atoms with van der Waals surface area (Å²) in [6, 6.07) is 8.62. The van der Waals surface area contributed by atoms with Crippen molar-refractivity contribution in [2.75, 3.05) is 13.1 Å². The van der Waals surface area contributed by atoms with Gasteiger partial charge in [0.15, 0.2) is 0 Å². The molecule has 0 heterocycles. The second-order valence-corrected chi connectivity index (χ2v) is 5.83. The van der Waals surface area contributed by atoms with Crippen LogP contribution in [0.25, 0.3) is 0 Å². The molecule has 110 valence electrons. The molecule has 0 aliphatic heterocycles. The smallest absolute Gasteiger partial charge is 0.227 e. The summed E-state index contributed by atoms with van der Waals surface area (Å²) in [6.07, 6.45) is 6.56. The maximum atomic E-state index is 12.6. The van der Waals surface area contributed by atoms with Gasteiger partial charge in [0.2, 0.25) is 5.91 Å². The third kappa shape index (κ3) is 4.07. The normalized spacial score (nSPS) is 16.1. The molecule has 2 rings (SSSR count). The number of carbonyl (C=O) groups is 1. The van der Waals surface area contributed by atoms with Gasteiger partial charge < -0.3 is 10.6 Å². The summed E-state index contributed by atoms with van der Waals surface area (Å²) in [6.45, 7) is 3.30. The summed E-state index contributed by atoms with van der Waals surface area (Å²) in [7, 11) is 0. The van der Waals surface area contributed by atoms with Gasteiger partial charge in [0.1, 0.15) is 0 Å². The molecule has 2 N–H and O–H groups in total. The first-order valence-corrected chi connectivity index (χ1v) is 7.76. The highest BCUT2D eigenvalue weighted by molar-refractivity contribution is 5.79. The molecule has 1 aliphatic carbocycles. The van der Waals surface area contributed by atoms with Crippen molar-refractivity contribution in [1.82, 2.24) is 4.90 Å². The van der Waals surface area contributed by atoms with Crippen molar-refractivity contribution >= 4 is 5.91 Å². The lowest BCUT2D eigenvalue weighted by Crippen LogP contribution is -2.44. The van der Waals surface area contributed by atoms with Crippen molar-refractivity contribution in [2.45, 2.75) is 51.5 Å². The topological polar surface area (TPSA) is 46.3 Å². The first-order chi connectivity index (χ1) is 9.70. The highest BCUT2D eigenvalue weighted by atomic mass is 16.2. The van der Waals surface area contributed by atoms with Crippen LogP contribution in [0.1, 0.15) is 43.2 Å². The van der Waals surface area contributed by atoms with Crippen molar-refractivity contribution in [2.24, 2.45) is 5.73 Å². The van der Waals surface area contributed by atoms with Gasteiger partial charge in [0.25, 0.3) is 0 Å². The Bertz CT molecular complexity index is 438. The number of benzene rings is 1. The zero-order chi connectivity index (χ0) is 14.4. The van der Waals surface area contributed by atoms with E-state index in [0.717, 1.165) is 18.4 Å². The van der Waals surface area contributed by atoms with E-state index >= 15 is 0 Å². The monoisotopic (exact) mass is 274 g/mol. The zero-order valence-corrected chi connectivity index (χ0v) is 12.5. The Morgan fingerprint density at radius 2 is 2.05 bits per heavy atom. The number of aryl methyl sites for hydroxylation is 1. The van der Waals surface area contributed by atoms with Gasteiger partial charge >= 0.3 is 0 Å². The summed E-state index contributed by atoms with van der Waals surface area (Å²) in [5, 5.41) is 0. The number of hydrogen-bond donors (Lipinski definition) is 1. The number of rotatable bonds is 5. The van der Waals surface area contributed by atoms with E-state index in [-0.39, 0.29) is 5.91 Å². The summed E-state index contributed by atoms with van der Waals surface area (Å²) in [5.41, 5.74) is 8.01.